The summed E-state index contributed by atoms with van der Waals surface area (Å²) in [6.07, 6.45) is 1.56. The molecule has 20 heavy (non-hydrogen) atoms. The molecule has 2 aromatic rings. The van der Waals surface area contributed by atoms with Crippen LogP contribution in [0.4, 0.5) is 11.4 Å². The largest absolute Gasteiger partial charge is 0.388 e. The maximum Gasteiger partial charge on any atom is 0.255 e. The van der Waals surface area contributed by atoms with Gasteiger partial charge in [-0.2, -0.15) is 0 Å². The van der Waals surface area contributed by atoms with E-state index in [-0.39, 0.29) is 0 Å². The van der Waals surface area contributed by atoms with E-state index in [0.717, 1.165) is 16.7 Å². The molecule has 0 heterocycles. The summed E-state index contributed by atoms with van der Waals surface area (Å²) in [7, 11) is -1.70. The fourth-order valence-corrected chi connectivity index (χ4v) is 2.50. The van der Waals surface area contributed by atoms with Gasteiger partial charge in [-0.1, -0.05) is 30.3 Å². The van der Waals surface area contributed by atoms with Gasteiger partial charge < -0.3 is 5.32 Å². The summed E-state index contributed by atoms with van der Waals surface area (Å²) in [5.41, 5.74) is 2.29. The van der Waals surface area contributed by atoms with Crippen molar-refractivity contribution in [3.8, 4) is 0 Å². The van der Waals surface area contributed by atoms with Gasteiger partial charge in [0.15, 0.2) is 0 Å². The van der Waals surface area contributed by atoms with Crippen molar-refractivity contribution >= 4 is 27.5 Å². The van der Waals surface area contributed by atoms with E-state index < -0.39 is 10.0 Å². The van der Waals surface area contributed by atoms with Gasteiger partial charge in [0, 0.05) is 18.4 Å². The number of sulfonamides is 1. The number of anilines is 2. The average Bonchev–Trinajstić information content (AvgIpc) is 2.47. The van der Waals surface area contributed by atoms with Gasteiger partial charge in [0.2, 0.25) is 0 Å². The summed E-state index contributed by atoms with van der Waals surface area (Å²) < 4.78 is 26.3. The zero-order valence-corrected chi connectivity index (χ0v) is 11.9. The summed E-state index contributed by atoms with van der Waals surface area (Å²) in [6, 6.07) is 16.3. The molecule has 0 unspecified atom stereocenters. The third-order valence-corrected chi connectivity index (χ3v) is 3.69. The highest BCUT2D eigenvalue weighted by Crippen LogP contribution is 2.15. The van der Waals surface area contributed by atoms with Crippen molar-refractivity contribution in [2.24, 2.45) is 0 Å². The quantitative estimate of drug-likeness (QED) is 0.888. The third kappa shape index (κ3) is 4.13. The highest BCUT2D eigenvalue weighted by Gasteiger charge is 2.05. The van der Waals surface area contributed by atoms with E-state index in [9.17, 15) is 8.42 Å². The molecule has 0 radical (unpaired) electrons. The fourth-order valence-electron chi connectivity index (χ4n) is 1.64. The van der Waals surface area contributed by atoms with Gasteiger partial charge in [0.05, 0.1) is 5.41 Å². The van der Waals surface area contributed by atoms with Crippen molar-refractivity contribution < 1.29 is 8.42 Å². The predicted octanol–water partition coefficient (Wildman–Crippen LogP) is 3.14. The molecule has 0 amide bonds. The number of hydrogen-bond acceptors (Lipinski definition) is 3. The Hall–Kier alpha value is -2.27. The Bertz CT molecular complexity index is 678. The molecule has 2 aromatic carbocycles. The van der Waals surface area contributed by atoms with Gasteiger partial charge in [-0.05, 0) is 35.9 Å². The Labute approximate surface area is 119 Å². The van der Waals surface area contributed by atoms with Crippen molar-refractivity contribution in [1.29, 1.82) is 0 Å². The standard InChI is InChI=1S/C15H16N2O2S/c1-16-14-7-9-15(10-8-14)17-20(18,19)12-11-13-5-3-2-4-6-13/h2-12,16-17H,1H3/b12-11+. The molecular formula is C15H16N2O2S. The van der Waals surface area contributed by atoms with Crippen LogP contribution in [-0.2, 0) is 10.0 Å². The van der Waals surface area contributed by atoms with Gasteiger partial charge in [0.1, 0.15) is 0 Å². The molecule has 0 saturated carbocycles. The zero-order chi connectivity index (χ0) is 14.4. The SMILES string of the molecule is CNc1ccc(NS(=O)(=O)/C=C/c2ccccc2)cc1. The number of hydrogen-bond donors (Lipinski definition) is 2. The Morgan fingerprint density at radius 1 is 0.900 bits per heavy atom. The second kappa shape index (κ2) is 6.25. The molecule has 0 atom stereocenters. The van der Waals surface area contributed by atoms with Crippen LogP contribution in [0, 0.1) is 0 Å². The fraction of sp³-hybridized carbons (Fsp3) is 0.0667. The van der Waals surface area contributed by atoms with Crippen molar-refractivity contribution in [1.82, 2.24) is 0 Å². The molecule has 0 bridgehead atoms. The van der Waals surface area contributed by atoms with Crippen LogP contribution in [0.25, 0.3) is 6.08 Å². The van der Waals surface area contributed by atoms with Crippen LogP contribution in [0.2, 0.25) is 0 Å². The molecule has 0 aliphatic carbocycles. The maximum atomic E-state index is 11.9. The smallest absolute Gasteiger partial charge is 0.255 e. The first kappa shape index (κ1) is 14.1. The molecular weight excluding hydrogens is 272 g/mol. The van der Waals surface area contributed by atoms with Crippen LogP contribution in [0.5, 0.6) is 0 Å². The highest BCUT2D eigenvalue weighted by molar-refractivity contribution is 7.95. The van der Waals surface area contributed by atoms with E-state index in [0.29, 0.717) is 5.69 Å². The first-order valence-electron chi connectivity index (χ1n) is 6.13. The Morgan fingerprint density at radius 2 is 1.50 bits per heavy atom. The minimum Gasteiger partial charge on any atom is -0.388 e. The Morgan fingerprint density at radius 3 is 2.10 bits per heavy atom. The first-order valence-corrected chi connectivity index (χ1v) is 7.67. The molecule has 0 saturated heterocycles. The van der Waals surface area contributed by atoms with E-state index in [4.69, 9.17) is 0 Å². The highest BCUT2D eigenvalue weighted by atomic mass is 32.2. The second-order valence-electron chi connectivity index (χ2n) is 4.19. The number of benzene rings is 2. The minimum absolute atomic E-state index is 0.529. The average molecular weight is 288 g/mol. The van der Waals surface area contributed by atoms with Gasteiger partial charge >= 0.3 is 0 Å². The third-order valence-electron chi connectivity index (χ3n) is 2.67. The van der Waals surface area contributed by atoms with Crippen molar-refractivity contribution in [2.75, 3.05) is 17.1 Å². The van der Waals surface area contributed by atoms with E-state index in [2.05, 4.69) is 10.0 Å². The topological polar surface area (TPSA) is 58.2 Å². The van der Waals surface area contributed by atoms with Gasteiger partial charge in [-0.25, -0.2) is 8.42 Å². The van der Waals surface area contributed by atoms with E-state index in [1.54, 1.807) is 30.3 Å². The van der Waals surface area contributed by atoms with Crippen molar-refractivity contribution in [3.63, 3.8) is 0 Å². The number of rotatable bonds is 5. The molecule has 2 N–H and O–H groups in total. The van der Waals surface area contributed by atoms with E-state index in [1.807, 2.05) is 37.4 Å². The Balaban J connectivity index is 2.09. The lowest BCUT2D eigenvalue weighted by molar-refractivity contribution is 0.609. The molecule has 0 fully saturated rings. The molecule has 5 heteroatoms. The van der Waals surface area contributed by atoms with Crippen LogP contribution in [-0.4, -0.2) is 15.5 Å². The van der Waals surface area contributed by atoms with E-state index >= 15 is 0 Å². The normalized spacial score (nSPS) is 11.4. The lowest BCUT2D eigenvalue weighted by Gasteiger charge is -2.05. The summed E-state index contributed by atoms with van der Waals surface area (Å²) in [4.78, 5) is 0. The Kier molecular flexibility index (Phi) is 4.42. The van der Waals surface area contributed by atoms with E-state index in [1.165, 1.54) is 0 Å². The van der Waals surface area contributed by atoms with Crippen molar-refractivity contribution in [2.45, 2.75) is 0 Å². The lowest BCUT2D eigenvalue weighted by Crippen LogP contribution is -2.08. The molecule has 2 rings (SSSR count). The molecule has 0 aromatic heterocycles. The number of nitrogens with one attached hydrogen (secondary N) is 2. The zero-order valence-electron chi connectivity index (χ0n) is 11.1. The monoisotopic (exact) mass is 288 g/mol. The predicted molar refractivity (Wildman–Crippen MR) is 84.0 cm³/mol. The summed E-state index contributed by atoms with van der Waals surface area (Å²) in [5.74, 6) is 0. The molecule has 104 valence electrons. The minimum atomic E-state index is -3.50. The van der Waals surface area contributed by atoms with Crippen molar-refractivity contribution in [3.05, 3.63) is 65.6 Å². The van der Waals surface area contributed by atoms with Crippen LogP contribution in [0.1, 0.15) is 5.56 Å². The van der Waals surface area contributed by atoms with Crippen LogP contribution in [0.15, 0.2) is 60.0 Å². The molecule has 0 aliphatic heterocycles. The molecule has 0 aliphatic rings. The first-order chi connectivity index (χ1) is 9.59. The van der Waals surface area contributed by atoms with Gasteiger partial charge in [-0.3, -0.25) is 4.72 Å². The summed E-state index contributed by atoms with van der Waals surface area (Å²) >= 11 is 0. The summed E-state index contributed by atoms with van der Waals surface area (Å²) in [5, 5.41) is 4.13. The summed E-state index contributed by atoms with van der Waals surface area (Å²) in [6.45, 7) is 0. The molecule has 4 nitrogen and oxygen atoms in total. The molecule has 0 spiro atoms. The van der Waals surface area contributed by atoms with Crippen LogP contribution in [0.3, 0.4) is 0 Å². The second-order valence-corrected chi connectivity index (χ2v) is 5.75. The van der Waals surface area contributed by atoms with Gasteiger partial charge in [-0.15, -0.1) is 0 Å². The van der Waals surface area contributed by atoms with Crippen LogP contribution < -0.4 is 10.0 Å². The van der Waals surface area contributed by atoms with Gasteiger partial charge in [0.25, 0.3) is 10.0 Å². The lowest BCUT2D eigenvalue weighted by atomic mass is 10.2. The maximum absolute atomic E-state index is 11.9. The van der Waals surface area contributed by atoms with Crippen LogP contribution >= 0.6 is 0 Å².